The first-order chi connectivity index (χ1) is 9.60. The van der Waals surface area contributed by atoms with Crippen molar-refractivity contribution in [3.8, 4) is 11.5 Å². The average Bonchev–Trinajstić information content (AvgIpc) is 2.41. The minimum absolute atomic E-state index is 0.115. The van der Waals surface area contributed by atoms with Gasteiger partial charge in [0.2, 0.25) is 5.91 Å². The van der Waals surface area contributed by atoms with E-state index in [0.717, 1.165) is 5.56 Å². The number of ether oxygens (including phenoxy) is 1. The average molecular weight is 271 g/mol. The Balaban J connectivity index is 2.12. The highest BCUT2D eigenvalue weighted by Gasteiger charge is 2.10. The molecule has 2 aromatic carbocycles. The number of rotatable bonds is 4. The molecule has 0 aliphatic carbocycles. The number of amides is 1. The van der Waals surface area contributed by atoms with E-state index in [9.17, 15) is 9.90 Å². The summed E-state index contributed by atoms with van der Waals surface area (Å²) < 4.78 is 5.21. The van der Waals surface area contributed by atoms with Gasteiger partial charge >= 0.3 is 0 Å². The van der Waals surface area contributed by atoms with Crippen LogP contribution in [0.3, 0.4) is 0 Å². The maximum absolute atomic E-state index is 12.0. The van der Waals surface area contributed by atoms with E-state index in [1.807, 2.05) is 25.1 Å². The van der Waals surface area contributed by atoms with Crippen LogP contribution in [0.25, 0.3) is 0 Å². The Morgan fingerprint density at radius 1 is 1.25 bits per heavy atom. The summed E-state index contributed by atoms with van der Waals surface area (Å²) >= 11 is 0. The largest absolute Gasteiger partial charge is 0.508 e. The second-order valence-corrected chi connectivity index (χ2v) is 4.56. The zero-order valence-corrected chi connectivity index (χ0v) is 11.5. The minimum Gasteiger partial charge on any atom is -0.508 e. The van der Waals surface area contributed by atoms with Crippen molar-refractivity contribution in [1.29, 1.82) is 0 Å². The number of phenols is 1. The topological polar surface area (TPSA) is 58.6 Å². The molecule has 0 saturated heterocycles. The predicted molar refractivity (Wildman–Crippen MR) is 78.2 cm³/mol. The molecule has 2 aromatic rings. The molecule has 4 heteroatoms. The highest BCUT2D eigenvalue weighted by molar-refractivity contribution is 5.94. The fourth-order valence-electron chi connectivity index (χ4n) is 1.95. The molecule has 1 amide bonds. The zero-order valence-electron chi connectivity index (χ0n) is 11.5. The molecule has 2 N–H and O–H groups in total. The minimum atomic E-state index is -0.199. The molecule has 104 valence electrons. The molecule has 0 aliphatic rings. The van der Waals surface area contributed by atoms with Gasteiger partial charge in [-0.25, -0.2) is 0 Å². The van der Waals surface area contributed by atoms with Gasteiger partial charge in [-0.1, -0.05) is 24.3 Å². The van der Waals surface area contributed by atoms with Crippen LogP contribution in [0.4, 0.5) is 5.69 Å². The van der Waals surface area contributed by atoms with Gasteiger partial charge < -0.3 is 15.2 Å². The highest BCUT2D eigenvalue weighted by Crippen LogP contribution is 2.25. The fourth-order valence-corrected chi connectivity index (χ4v) is 1.95. The van der Waals surface area contributed by atoms with Crippen molar-refractivity contribution >= 4 is 11.6 Å². The predicted octanol–water partition coefficient (Wildman–Crippen LogP) is 2.89. The molecule has 0 fully saturated rings. The Kier molecular flexibility index (Phi) is 4.25. The quantitative estimate of drug-likeness (QED) is 0.899. The first-order valence-corrected chi connectivity index (χ1v) is 6.31. The summed E-state index contributed by atoms with van der Waals surface area (Å²) in [4.78, 5) is 12.0. The van der Waals surface area contributed by atoms with E-state index in [0.29, 0.717) is 17.0 Å². The summed E-state index contributed by atoms with van der Waals surface area (Å²) in [6, 6.07) is 12.4. The number of aromatic hydroxyl groups is 1. The molecule has 0 unspecified atom stereocenters. The lowest BCUT2D eigenvalue weighted by atomic mass is 10.1. The van der Waals surface area contributed by atoms with Gasteiger partial charge in [-0.3, -0.25) is 4.79 Å². The summed E-state index contributed by atoms with van der Waals surface area (Å²) in [5, 5.41) is 12.5. The molecule has 0 aliphatic heterocycles. The van der Waals surface area contributed by atoms with Gasteiger partial charge in [-0.05, 0) is 30.7 Å². The van der Waals surface area contributed by atoms with Crippen molar-refractivity contribution in [2.75, 3.05) is 12.4 Å². The summed E-state index contributed by atoms with van der Waals surface area (Å²) in [5.41, 5.74) is 2.26. The highest BCUT2D eigenvalue weighted by atomic mass is 16.5. The maximum Gasteiger partial charge on any atom is 0.229 e. The smallest absolute Gasteiger partial charge is 0.229 e. The number of carbonyl (C=O) groups excluding carboxylic acids is 1. The summed E-state index contributed by atoms with van der Waals surface area (Å²) in [6.07, 6.45) is 0.115. The first kappa shape index (κ1) is 13.9. The van der Waals surface area contributed by atoms with E-state index in [1.165, 1.54) is 0 Å². The molecule has 0 atom stereocenters. The molecule has 0 saturated carbocycles. The third-order valence-corrected chi connectivity index (χ3v) is 2.97. The fraction of sp³-hybridized carbons (Fsp3) is 0.188. The van der Waals surface area contributed by atoms with Crippen LogP contribution in [0.2, 0.25) is 0 Å². The van der Waals surface area contributed by atoms with Crippen LogP contribution in [0.5, 0.6) is 11.5 Å². The normalized spacial score (nSPS) is 10.1. The number of benzene rings is 2. The SMILES string of the molecule is COc1ccc(C)cc1NC(=O)Cc1ccccc1O. The summed E-state index contributed by atoms with van der Waals surface area (Å²) in [5.74, 6) is 0.537. The lowest BCUT2D eigenvalue weighted by molar-refractivity contribution is -0.115. The van der Waals surface area contributed by atoms with Crippen molar-refractivity contribution in [2.24, 2.45) is 0 Å². The first-order valence-electron chi connectivity index (χ1n) is 6.31. The molecular formula is C16H17NO3. The Labute approximate surface area is 118 Å². The molecule has 0 spiro atoms. The van der Waals surface area contributed by atoms with Crippen LogP contribution < -0.4 is 10.1 Å². The number of para-hydroxylation sites is 1. The number of phenolic OH excluding ortho intramolecular Hbond substituents is 1. The third kappa shape index (κ3) is 3.29. The van der Waals surface area contributed by atoms with E-state index in [2.05, 4.69) is 5.32 Å². The van der Waals surface area contributed by atoms with E-state index in [4.69, 9.17) is 4.74 Å². The molecule has 4 nitrogen and oxygen atoms in total. The van der Waals surface area contributed by atoms with E-state index in [-0.39, 0.29) is 18.1 Å². The second kappa shape index (κ2) is 6.10. The van der Waals surface area contributed by atoms with Gasteiger partial charge in [0.25, 0.3) is 0 Å². The number of hydrogen-bond donors (Lipinski definition) is 2. The van der Waals surface area contributed by atoms with Crippen LogP contribution in [0.15, 0.2) is 42.5 Å². The summed E-state index contributed by atoms with van der Waals surface area (Å²) in [7, 11) is 1.56. The van der Waals surface area contributed by atoms with E-state index in [1.54, 1.807) is 31.4 Å². The standard InChI is InChI=1S/C16H17NO3/c1-11-7-8-15(20-2)13(9-11)17-16(19)10-12-5-3-4-6-14(12)18/h3-9,18H,10H2,1-2H3,(H,17,19). The van der Waals surface area contributed by atoms with Crippen molar-refractivity contribution in [2.45, 2.75) is 13.3 Å². The van der Waals surface area contributed by atoms with Crippen LogP contribution in [-0.2, 0) is 11.2 Å². The van der Waals surface area contributed by atoms with Crippen molar-refractivity contribution in [3.05, 3.63) is 53.6 Å². The Bertz CT molecular complexity index is 623. The Morgan fingerprint density at radius 3 is 2.70 bits per heavy atom. The van der Waals surface area contributed by atoms with Crippen molar-refractivity contribution in [1.82, 2.24) is 0 Å². The van der Waals surface area contributed by atoms with Gasteiger partial charge in [0.15, 0.2) is 0 Å². The van der Waals surface area contributed by atoms with Crippen LogP contribution in [-0.4, -0.2) is 18.1 Å². The number of nitrogens with one attached hydrogen (secondary N) is 1. The van der Waals surface area contributed by atoms with E-state index >= 15 is 0 Å². The van der Waals surface area contributed by atoms with Gasteiger partial charge in [0, 0.05) is 5.56 Å². The van der Waals surface area contributed by atoms with Gasteiger partial charge in [0.05, 0.1) is 19.2 Å². The second-order valence-electron chi connectivity index (χ2n) is 4.56. The number of methoxy groups -OCH3 is 1. The monoisotopic (exact) mass is 271 g/mol. The van der Waals surface area contributed by atoms with Crippen LogP contribution in [0, 0.1) is 6.92 Å². The molecule has 2 rings (SSSR count). The number of aryl methyl sites for hydroxylation is 1. The van der Waals surface area contributed by atoms with Gasteiger partial charge in [0.1, 0.15) is 11.5 Å². The molecular weight excluding hydrogens is 254 g/mol. The molecule has 20 heavy (non-hydrogen) atoms. The van der Waals surface area contributed by atoms with Crippen LogP contribution in [0.1, 0.15) is 11.1 Å². The molecule has 0 heterocycles. The van der Waals surface area contributed by atoms with Crippen LogP contribution >= 0.6 is 0 Å². The molecule has 0 bridgehead atoms. The Morgan fingerprint density at radius 2 is 2.00 bits per heavy atom. The van der Waals surface area contributed by atoms with Gasteiger partial charge in [-0.2, -0.15) is 0 Å². The van der Waals surface area contributed by atoms with E-state index < -0.39 is 0 Å². The maximum atomic E-state index is 12.0. The number of anilines is 1. The number of hydrogen-bond acceptors (Lipinski definition) is 3. The van der Waals surface area contributed by atoms with Crippen molar-refractivity contribution in [3.63, 3.8) is 0 Å². The zero-order chi connectivity index (χ0) is 14.5. The lowest BCUT2D eigenvalue weighted by Crippen LogP contribution is -2.15. The molecule has 0 radical (unpaired) electrons. The lowest BCUT2D eigenvalue weighted by Gasteiger charge is -2.11. The Hall–Kier alpha value is -2.49. The molecule has 0 aromatic heterocycles. The van der Waals surface area contributed by atoms with Crippen molar-refractivity contribution < 1.29 is 14.6 Å². The summed E-state index contributed by atoms with van der Waals surface area (Å²) in [6.45, 7) is 1.94. The van der Waals surface area contributed by atoms with Gasteiger partial charge in [-0.15, -0.1) is 0 Å². The number of carbonyl (C=O) groups is 1. The third-order valence-electron chi connectivity index (χ3n) is 2.97.